The van der Waals surface area contributed by atoms with E-state index in [1.165, 1.54) is 12.0 Å². The summed E-state index contributed by atoms with van der Waals surface area (Å²) in [6, 6.07) is 11.0. The molecule has 1 heterocycles. The Kier molecular flexibility index (Phi) is 8.00. The first-order valence-electron chi connectivity index (χ1n) is 10.8. The molecule has 1 amide bonds. The fourth-order valence-corrected chi connectivity index (χ4v) is 3.84. The predicted molar refractivity (Wildman–Crippen MR) is 128 cm³/mol. The van der Waals surface area contributed by atoms with Crippen LogP contribution in [0.25, 0.3) is 5.76 Å². The zero-order valence-corrected chi connectivity index (χ0v) is 20.1. The Morgan fingerprint density at radius 2 is 1.82 bits per heavy atom. The van der Waals surface area contributed by atoms with E-state index >= 15 is 0 Å². The first kappa shape index (κ1) is 24.6. The van der Waals surface area contributed by atoms with Gasteiger partial charge in [-0.2, -0.15) is 0 Å². The van der Waals surface area contributed by atoms with E-state index in [9.17, 15) is 14.7 Å². The summed E-state index contributed by atoms with van der Waals surface area (Å²) in [5, 5.41) is 11.6. The number of hydrogen-bond acceptors (Lipinski definition) is 6. The molecule has 1 atom stereocenters. The number of halogens is 1. The minimum atomic E-state index is -0.769. The van der Waals surface area contributed by atoms with Crippen LogP contribution in [0.15, 0.2) is 48.0 Å². The van der Waals surface area contributed by atoms with Crippen molar-refractivity contribution in [1.29, 1.82) is 0 Å². The van der Waals surface area contributed by atoms with Crippen molar-refractivity contribution >= 4 is 29.1 Å². The molecule has 2 aromatic carbocycles. The van der Waals surface area contributed by atoms with Crippen LogP contribution in [-0.4, -0.2) is 67.5 Å². The highest BCUT2D eigenvalue weighted by Crippen LogP contribution is 2.42. The number of likely N-dealkylation sites (tertiary alicyclic amines) is 1. The number of methoxy groups -OCH3 is 1. The number of carbonyl (C=O) groups is 2. The topological polar surface area (TPSA) is 79.3 Å². The molecular weight excluding hydrogens is 444 g/mol. The summed E-state index contributed by atoms with van der Waals surface area (Å²) in [6.45, 7) is 3.42. The third-order valence-corrected chi connectivity index (χ3v) is 5.66. The summed E-state index contributed by atoms with van der Waals surface area (Å²) < 4.78 is 11.3. The van der Waals surface area contributed by atoms with Crippen LogP contribution in [0.1, 0.15) is 30.5 Å². The van der Waals surface area contributed by atoms with Crippen molar-refractivity contribution < 1.29 is 24.2 Å². The van der Waals surface area contributed by atoms with Crippen LogP contribution in [0.4, 0.5) is 0 Å². The van der Waals surface area contributed by atoms with Crippen molar-refractivity contribution in [2.24, 2.45) is 0 Å². The number of aliphatic hydroxyl groups excluding tert-OH is 1. The molecule has 0 radical (unpaired) electrons. The van der Waals surface area contributed by atoms with Crippen LogP contribution in [0, 0.1) is 0 Å². The van der Waals surface area contributed by atoms with Crippen molar-refractivity contribution in [3.8, 4) is 11.5 Å². The number of Topliss-reactive ketones (excluding diaryl/α,β-unsaturated/α-hetero) is 1. The molecule has 0 unspecified atom stereocenters. The monoisotopic (exact) mass is 472 g/mol. The molecule has 0 aliphatic carbocycles. The third kappa shape index (κ3) is 5.31. The number of benzene rings is 2. The molecule has 1 fully saturated rings. The first-order valence-corrected chi connectivity index (χ1v) is 11.2. The Bertz CT molecular complexity index is 1050. The van der Waals surface area contributed by atoms with Crippen LogP contribution in [0.3, 0.4) is 0 Å². The SMILES string of the molecule is CCCOc1ccc([C@H]2/C(=C(\O)c3ccc(Cl)cc3)C(=O)C(=O)N2CCN(C)C)cc1OC. The number of amides is 1. The van der Waals surface area contributed by atoms with Crippen molar-refractivity contribution in [2.45, 2.75) is 19.4 Å². The molecule has 1 aliphatic heterocycles. The van der Waals surface area contributed by atoms with Crippen LogP contribution in [0.5, 0.6) is 11.5 Å². The Morgan fingerprint density at radius 3 is 2.42 bits per heavy atom. The molecule has 0 spiro atoms. The molecule has 33 heavy (non-hydrogen) atoms. The van der Waals surface area contributed by atoms with Gasteiger partial charge in [-0.1, -0.05) is 24.6 Å². The van der Waals surface area contributed by atoms with Gasteiger partial charge in [0.1, 0.15) is 5.76 Å². The van der Waals surface area contributed by atoms with Gasteiger partial charge in [0.2, 0.25) is 0 Å². The van der Waals surface area contributed by atoms with Gasteiger partial charge in [-0.15, -0.1) is 0 Å². The van der Waals surface area contributed by atoms with E-state index in [-0.39, 0.29) is 11.3 Å². The maximum Gasteiger partial charge on any atom is 0.295 e. The van der Waals surface area contributed by atoms with Crippen molar-refractivity contribution in [3.05, 3.63) is 64.2 Å². The molecule has 0 bridgehead atoms. The quantitative estimate of drug-likeness (QED) is 0.336. The molecule has 1 N–H and O–H groups in total. The molecule has 7 nitrogen and oxygen atoms in total. The molecule has 1 saturated heterocycles. The van der Waals surface area contributed by atoms with Crippen molar-refractivity contribution in [1.82, 2.24) is 9.80 Å². The Hall–Kier alpha value is -3.03. The van der Waals surface area contributed by atoms with E-state index < -0.39 is 17.7 Å². The fraction of sp³-hybridized carbons (Fsp3) is 0.360. The average molecular weight is 473 g/mol. The fourth-order valence-electron chi connectivity index (χ4n) is 3.71. The van der Waals surface area contributed by atoms with Gasteiger partial charge in [0.05, 0.1) is 25.3 Å². The van der Waals surface area contributed by atoms with Gasteiger partial charge in [0.25, 0.3) is 11.7 Å². The highest BCUT2D eigenvalue weighted by molar-refractivity contribution is 6.46. The second kappa shape index (κ2) is 10.7. The predicted octanol–water partition coefficient (Wildman–Crippen LogP) is 4.12. The Labute approximate surface area is 199 Å². The lowest BCUT2D eigenvalue weighted by Gasteiger charge is -2.27. The molecular formula is C25H29ClN2O5. The normalized spacial score (nSPS) is 17.6. The number of ether oxygens (including phenoxy) is 2. The summed E-state index contributed by atoms with van der Waals surface area (Å²) in [4.78, 5) is 29.5. The van der Waals surface area contributed by atoms with E-state index in [4.69, 9.17) is 21.1 Å². The number of nitrogens with zero attached hydrogens (tertiary/aromatic N) is 2. The molecule has 1 aliphatic rings. The Balaban J connectivity index is 2.14. The summed E-state index contributed by atoms with van der Waals surface area (Å²) in [5.74, 6) is -0.552. The van der Waals surface area contributed by atoms with Gasteiger partial charge < -0.3 is 24.4 Å². The number of likely N-dealkylation sites (N-methyl/N-ethyl adjacent to an activating group) is 1. The van der Waals surface area contributed by atoms with E-state index in [1.807, 2.05) is 25.9 Å². The zero-order chi connectivity index (χ0) is 24.1. The molecule has 2 aromatic rings. The zero-order valence-electron chi connectivity index (χ0n) is 19.3. The van der Waals surface area contributed by atoms with E-state index in [0.29, 0.717) is 47.3 Å². The lowest BCUT2D eigenvalue weighted by molar-refractivity contribution is -0.140. The van der Waals surface area contributed by atoms with Gasteiger partial charge in [-0.25, -0.2) is 0 Å². The van der Waals surface area contributed by atoms with Crippen molar-refractivity contribution in [3.63, 3.8) is 0 Å². The highest BCUT2D eigenvalue weighted by Gasteiger charge is 2.46. The maximum absolute atomic E-state index is 13.1. The van der Waals surface area contributed by atoms with Crippen LogP contribution >= 0.6 is 11.6 Å². The van der Waals surface area contributed by atoms with Crippen LogP contribution < -0.4 is 9.47 Å². The summed E-state index contributed by atoms with van der Waals surface area (Å²) in [7, 11) is 5.32. The van der Waals surface area contributed by atoms with Gasteiger partial charge in [0, 0.05) is 23.7 Å². The van der Waals surface area contributed by atoms with E-state index in [1.54, 1.807) is 42.5 Å². The largest absolute Gasteiger partial charge is 0.507 e. The van der Waals surface area contributed by atoms with Crippen molar-refractivity contribution in [2.75, 3.05) is 40.9 Å². The lowest BCUT2D eigenvalue weighted by atomic mass is 9.95. The average Bonchev–Trinajstić information content (AvgIpc) is 3.06. The van der Waals surface area contributed by atoms with E-state index in [2.05, 4.69) is 0 Å². The van der Waals surface area contributed by atoms with Gasteiger partial charge in [0.15, 0.2) is 11.5 Å². The second-order valence-corrected chi connectivity index (χ2v) is 8.50. The molecule has 8 heteroatoms. The van der Waals surface area contributed by atoms with Gasteiger partial charge >= 0.3 is 0 Å². The third-order valence-electron chi connectivity index (χ3n) is 5.41. The number of ketones is 1. The standard InChI is InChI=1S/C25H29ClN2O5/c1-5-14-33-19-11-8-17(15-20(19)32-4)22-21(23(29)16-6-9-18(26)10-7-16)24(30)25(31)28(22)13-12-27(2)3/h6-11,15,22,29H,5,12-14H2,1-4H3/b23-21+/t22-/m0/s1. The number of aliphatic hydroxyl groups is 1. The number of hydrogen-bond donors (Lipinski definition) is 1. The lowest BCUT2D eigenvalue weighted by Crippen LogP contribution is -2.35. The number of rotatable bonds is 9. The molecule has 176 valence electrons. The molecule has 3 rings (SSSR count). The van der Waals surface area contributed by atoms with Gasteiger partial charge in [-0.3, -0.25) is 9.59 Å². The molecule has 0 aromatic heterocycles. The summed E-state index contributed by atoms with van der Waals surface area (Å²) >= 11 is 5.97. The maximum atomic E-state index is 13.1. The Morgan fingerprint density at radius 1 is 1.12 bits per heavy atom. The minimum absolute atomic E-state index is 0.0327. The number of carbonyl (C=O) groups excluding carboxylic acids is 2. The minimum Gasteiger partial charge on any atom is -0.507 e. The van der Waals surface area contributed by atoms with Gasteiger partial charge in [-0.05, 0) is 62.5 Å². The van der Waals surface area contributed by atoms with Crippen LogP contribution in [0.2, 0.25) is 5.02 Å². The first-order chi connectivity index (χ1) is 15.8. The smallest absolute Gasteiger partial charge is 0.295 e. The summed E-state index contributed by atoms with van der Waals surface area (Å²) in [5.41, 5.74) is 1.08. The molecule has 0 saturated carbocycles. The second-order valence-electron chi connectivity index (χ2n) is 8.06. The summed E-state index contributed by atoms with van der Waals surface area (Å²) in [6.07, 6.45) is 0.844. The van der Waals surface area contributed by atoms with E-state index in [0.717, 1.165) is 6.42 Å². The highest BCUT2D eigenvalue weighted by atomic mass is 35.5. The van der Waals surface area contributed by atoms with Crippen LogP contribution in [-0.2, 0) is 9.59 Å².